The molecule has 0 fully saturated rings. The Kier molecular flexibility index (Phi) is 6.96. The lowest BCUT2D eigenvalue weighted by Crippen LogP contribution is -2.50. The number of carbonyl (C=O) groups is 3. The zero-order chi connectivity index (χ0) is 14.3. The molecule has 7 heteroatoms. The molecule has 18 heavy (non-hydrogen) atoms. The van der Waals surface area contributed by atoms with Crippen LogP contribution < -0.4 is 5.32 Å². The first-order chi connectivity index (χ1) is 8.29. The summed E-state index contributed by atoms with van der Waals surface area (Å²) in [6, 6.07) is -2.17. The quantitative estimate of drug-likeness (QED) is 0.473. The normalized spacial score (nSPS) is 15.7. The summed E-state index contributed by atoms with van der Waals surface area (Å²) in [6.45, 7) is 3.50. The third-order valence-electron chi connectivity index (χ3n) is 2.80. The average molecular weight is 261 g/mol. The van der Waals surface area contributed by atoms with Crippen molar-refractivity contribution in [3.63, 3.8) is 0 Å². The molecule has 0 amide bonds. The molecule has 0 aromatic rings. The molecular weight excluding hydrogens is 242 g/mol. The van der Waals surface area contributed by atoms with Crippen LogP contribution in [0.15, 0.2) is 0 Å². The molecule has 0 radical (unpaired) electrons. The van der Waals surface area contributed by atoms with Crippen LogP contribution in [0.5, 0.6) is 0 Å². The molecule has 0 aliphatic heterocycles. The number of carboxylic acid groups (broad SMARTS) is 3. The molecule has 0 aromatic carbocycles. The van der Waals surface area contributed by atoms with Gasteiger partial charge < -0.3 is 15.3 Å². The van der Waals surface area contributed by atoms with Gasteiger partial charge in [-0.1, -0.05) is 20.3 Å². The Balaban J connectivity index is 4.66. The molecule has 0 rings (SSSR count). The van der Waals surface area contributed by atoms with Gasteiger partial charge in [0.05, 0.1) is 0 Å². The van der Waals surface area contributed by atoms with E-state index in [9.17, 15) is 14.4 Å². The average Bonchev–Trinajstić information content (AvgIpc) is 2.26. The van der Waals surface area contributed by atoms with E-state index >= 15 is 0 Å². The van der Waals surface area contributed by atoms with Gasteiger partial charge in [0, 0.05) is 6.42 Å². The van der Waals surface area contributed by atoms with Crippen LogP contribution in [-0.4, -0.2) is 45.3 Å². The van der Waals surface area contributed by atoms with Crippen LogP contribution in [0.3, 0.4) is 0 Å². The predicted octanol–water partition coefficient (Wildman–Crippen LogP) is 0.393. The van der Waals surface area contributed by atoms with Gasteiger partial charge in [0.1, 0.15) is 12.1 Å². The molecule has 104 valence electrons. The first-order valence-corrected chi connectivity index (χ1v) is 5.73. The van der Waals surface area contributed by atoms with E-state index in [4.69, 9.17) is 15.3 Å². The zero-order valence-electron chi connectivity index (χ0n) is 10.4. The number of nitrogens with one attached hydrogen (secondary N) is 1. The van der Waals surface area contributed by atoms with E-state index in [1.807, 2.05) is 0 Å². The molecule has 0 saturated carbocycles. The third-order valence-corrected chi connectivity index (χ3v) is 2.80. The van der Waals surface area contributed by atoms with Crippen molar-refractivity contribution < 1.29 is 29.7 Å². The number of aliphatic carboxylic acids is 3. The van der Waals surface area contributed by atoms with Crippen molar-refractivity contribution in [3.8, 4) is 0 Å². The van der Waals surface area contributed by atoms with Crippen LogP contribution >= 0.6 is 0 Å². The second-order valence-corrected chi connectivity index (χ2v) is 4.19. The van der Waals surface area contributed by atoms with Crippen molar-refractivity contribution in [1.29, 1.82) is 0 Å². The molecular formula is C11H19NO6. The van der Waals surface area contributed by atoms with Gasteiger partial charge in [-0.3, -0.25) is 19.7 Å². The molecule has 4 N–H and O–H groups in total. The fraction of sp³-hybridized carbons (Fsp3) is 0.727. The minimum atomic E-state index is -1.24. The standard InChI is InChI=1S/C11H19NO6/c1-3-6(2)9(11(17)18)12-7(10(15)16)4-5-8(13)14/h6-7,9,12H,3-5H2,1-2H3,(H,13,14)(H,15,16)(H,17,18)/t6-,7+,9-/m0/s1. The van der Waals surface area contributed by atoms with Crippen LogP contribution in [0.2, 0.25) is 0 Å². The highest BCUT2D eigenvalue weighted by atomic mass is 16.4. The van der Waals surface area contributed by atoms with E-state index in [0.717, 1.165) is 0 Å². The van der Waals surface area contributed by atoms with Crippen molar-refractivity contribution in [2.75, 3.05) is 0 Å². The van der Waals surface area contributed by atoms with E-state index in [1.54, 1.807) is 13.8 Å². The highest BCUT2D eigenvalue weighted by Crippen LogP contribution is 2.10. The molecule has 0 spiro atoms. The van der Waals surface area contributed by atoms with E-state index < -0.39 is 30.0 Å². The molecule has 7 nitrogen and oxygen atoms in total. The first-order valence-electron chi connectivity index (χ1n) is 5.73. The van der Waals surface area contributed by atoms with Gasteiger partial charge in [-0.25, -0.2) is 0 Å². The second-order valence-electron chi connectivity index (χ2n) is 4.19. The van der Waals surface area contributed by atoms with Crippen molar-refractivity contribution in [3.05, 3.63) is 0 Å². The Morgan fingerprint density at radius 3 is 2.00 bits per heavy atom. The summed E-state index contributed by atoms with van der Waals surface area (Å²) in [5, 5.41) is 28.9. The number of rotatable bonds is 9. The molecule has 0 bridgehead atoms. The maximum Gasteiger partial charge on any atom is 0.320 e. The smallest absolute Gasteiger partial charge is 0.320 e. The Bertz CT molecular complexity index is 317. The van der Waals surface area contributed by atoms with Crippen molar-refractivity contribution in [2.24, 2.45) is 5.92 Å². The van der Waals surface area contributed by atoms with E-state index in [2.05, 4.69) is 5.32 Å². The van der Waals surface area contributed by atoms with Crippen LogP contribution in [0, 0.1) is 5.92 Å². The second kappa shape index (κ2) is 7.65. The Morgan fingerprint density at radius 1 is 1.11 bits per heavy atom. The maximum absolute atomic E-state index is 11.0. The van der Waals surface area contributed by atoms with Gasteiger partial charge in [-0.05, 0) is 12.3 Å². The Morgan fingerprint density at radius 2 is 1.67 bits per heavy atom. The summed E-state index contributed by atoms with van der Waals surface area (Å²) >= 11 is 0. The van der Waals surface area contributed by atoms with Gasteiger partial charge >= 0.3 is 17.9 Å². The van der Waals surface area contributed by atoms with Crippen LogP contribution in [0.4, 0.5) is 0 Å². The fourth-order valence-corrected chi connectivity index (χ4v) is 1.48. The highest BCUT2D eigenvalue weighted by molar-refractivity contribution is 5.78. The maximum atomic E-state index is 11.0. The number of hydrogen-bond acceptors (Lipinski definition) is 4. The fourth-order valence-electron chi connectivity index (χ4n) is 1.48. The third kappa shape index (κ3) is 5.62. The van der Waals surface area contributed by atoms with Crippen LogP contribution in [0.25, 0.3) is 0 Å². The van der Waals surface area contributed by atoms with E-state index in [-0.39, 0.29) is 18.8 Å². The molecule has 0 heterocycles. The molecule has 0 saturated heterocycles. The molecule has 3 atom stereocenters. The molecule has 0 aliphatic carbocycles. The van der Waals surface area contributed by atoms with E-state index in [1.165, 1.54) is 0 Å². The molecule has 0 unspecified atom stereocenters. The summed E-state index contributed by atoms with van der Waals surface area (Å²) in [4.78, 5) is 32.4. The summed E-state index contributed by atoms with van der Waals surface area (Å²) in [5.74, 6) is -3.73. The summed E-state index contributed by atoms with van der Waals surface area (Å²) in [5.41, 5.74) is 0. The topological polar surface area (TPSA) is 124 Å². The minimum Gasteiger partial charge on any atom is -0.481 e. The van der Waals surface area contributed by atoms with Gasteiger partial charge in [0.25, 0.3) is 0 Å². The SMILES string of the molecule is CC[C@H](C)[C@H](N[C@H](CCC(=O)O)C(=O)O)C(=O)O. The minimum absolute atomic E-state index is 0.148. The molecule has 0 aliphatic rings. The predicted molar refractivity (Wildman–Crippen MR) is 62.3 cm³/mol. The lowest BCUT2D eigenvalue weighted by Gasteiger charge is -2.24. The summed E-state index contributed by atoms with van der Waals surface area (Å²) < 4.78 is 0. The molecule has 0 aromatic heterocycles. The first kappa shape index (κ1) is 16.4. The van der Waals surface area contributed by atoms with Gasteiger partial charge in [0.2, 0.25) is 0 Å². The summed E-state index contributed by atoms with van der Waals surface area (Å²) in [6.07, 6.45) is 0.108. The van der Waals surface area contributed by atoms with Gasteiger partial charge in [-0.15, -0.1) is 0 Å². The van der Waals surface area contributed by atoms with Crippen LogP contribution in [0.1, 0.15) is 33.1 Å². The highest BCUT2D eigenvalue weighted by Gasteiger charge is 2.29. The number of carboxylic acids is 3. The largest absolute Gasteiger partial charge is 0.481 e. The van der Waals surface area contributed by atoms with Gasteiger partial charge in [-0.2, -0.15) is 0 Å². The van der Waals surface area contributed by atoms with Crippen molar-refractivity contribution >= 4 is 17.9 Å². The van der Waals surface area contributed by atoms with Crippen molar-refractivity contribution in [2.45, 2.75) is 45.2 Å². The Labute approximate surface area is 105 Å². The number of hydrogen-bond donors (Lipinski definition) is 4. The summed E-state index contributed by atoms with van der Waals surface area (Å²) in [7, 11) is 0. The zero-order valence-corrected chi connectivity index (χ0v) is 10.4. The monoisotopic (exact) mass is 261 g/mol. The van der Waals surface area contributed by atoms with Gasteiger partial charge in [0.15, 0.2) is 0 Å². The Hall–Kier alpha value is -1.63. The lowest BCUT2D eigenvalue weighted by molar-refractivity contribution is -0.143. The van der Waals surface area contributed by atoms with E-state index in [0.29, 0.717) is 6.42 Å². The lowest BCUT2D eigenvalue weighted by atomic mass is 9.97. The van der Waals surface area contributed by atoms with Crippen molar-refractivity contribution in [1.82, 2.24) is 5.32 Å². The van der Waals surface area contributed by atoms with Crippen LogP contribution in [-0.2, 0) is 14.4 Å².